The maximum atomic E-state index is 13.3. The molecule has 1 aliphatic rings. The fourth-order valence-electron chi connectivity index (χ4n) is 3.65. The third kappa shape index (κ3) is 6.77. The monoisotopic (exact) mass is 447 g/mol. The highest BCUT2D eigenvalue weighted by atomic mass is 16.5. The van der Waals surface area contributed by atoms with Crippen molar-refractivity contribution >= 4 is 23.7 Å². The quantitative estimate of drug-likeness (QED) is 0.598. The van der Waals surface area contributed by atoms with E-state index in [1.807, 2.05) is 34.6 Å². The summed E-state index contributed by atoms with van der Waals surface area (Å²) in [5.41, 5.74) is 0.608. The summed E-state index contributed by atoms with van der Waals surface area (Å²) in [6.07, 6.45) is 0.742. The first kappa shape index (κ1) is 25.3. The summed E-state index contributed by atoms with van der Waals surface area (Å²) in [6, 6.07) is 5.72. The minimum absolute atomic E-state index is 0.0401. The Morgan fingerprint density at radius 3 is 2.28 bits per heavy atom. The number of carbonyl (C=O) groups excluding carboxylic acids is 3. The number of urea groups is 2. The first-order valence-corrected chi connectivity index (χ1v) is 11.2. The molecule has 0 radical (unpaired) electrons. The lowest BCUT2D eigenvalue weighted by Crippen LogP contribution is -2.61. The van der Waals surface area contributed by atoms with E-state index in [1.54, 1.807) is 41.2 Å². The first-order valence-electron chi connectivity index (χ1n) is 11.2. The molecule has 0 bridgehead atoms. The van der Waals surface area contributed by atoms with Crippen LogP contribution in [-0.2, 0) is 4.79 Å². The molecule has 1 aliphatic heterocycles. The van der Waals surface area contributed by atoms with E-state index < -0.39 is 12.1 Å². The molecule has 0 aliphatic carbocycles. The van der Waals surface area contributed by atoms with Gasteiger partial charge in [-0.2, -0.15) is 0 Å². The lowest BCUT2D eigenvalue weighted by atomic mass is 9.97. The van der Waals surface area contributed by atoms with Gasteiger partial charge in [-0.05, 0) is 51.0 Å². The summed E-state index contributed by atoms with van der Waals surface area (Å²) in [5, 5.41) is 8.53. The second kappa shape index (κ2) is 11.6. The van der Waals surface area contributed by atoms with Crippen LogP contribution in [0.2, 0.25) is 0 Å². The molecule has 1 heterocycles. The molecule has 0 saturated carbocycles. The largest absolute Gasteiger partial charge is 0.497 e. The fraction of sp³-hybridized carbons (Fsp3) is 0.609. The summed E-state index contributed by atoms with van der Waals surface area (Å²) >= 11 is 0. The van der Waals surface area contributed by atoms with Crippen molar-refractivity contribution in [3.05, 3.63) is 24.3 Å². The lowest BCUT2D eigenvalue weighted by Gasteiger charge is -2.41. The molecule has 2 rings (SSSR count). The Balaban J connectivity index is 2.01. The molecule has 0 aromatic heterocycles. The number of carbonyl (C=O) groups is 3. The van der Waals surface area contributed by atoms with Crippen LogP contribution in [0.4, 0.5) is 15.3 Å². The van der Waals surface area contributed by atoms with Gasteiger partial charge in [-0.25, -0.2) is 9.59 Å². The Kier molecular flexibility index (Phi) is 9.16. The van der Waals surface area contributed by atoms with Crippen LogP contribution in [0.3, 0.4) is 0 Å². The van der Waals surface area contributed by atoms with Gasteiger partial charge in [0.05, 0.1) is 7.11 Å². The number of rotatable bonds is 7. The van der Waals surface area contributed by atoms with Crippen LogP contribution in [0.1, 0.15) is 41.0 Å². The van der Waals surface area contributed by atoms with Gasteiger partial charge in [-0.3, -0.25) is 4.79 Å². The molecule has 9 heteroatoms. The third-order valence-corrected chi connectivity index (χ3v) is 5.73. The molecule has 178 valence electrons. The molecule has 32 heavy (non-hydrogen) atoms. The Labute approximate surface area is 190 Å². The van der Waals surface area contributed by atoms with Gasteiger partial charge in [0.2, 0.25) is 5.91 Å². The smallest absolute Gasteiger partial charge is 0.319 e. The number of piperazine rings is 1. The predicted octanol–water partition coefficient (Wildman–Crippen LogP) is 2.88. The lowest BCUT2D eigenvalue weighted by molar-refractivity contribution is -0.136. The minimum Gasteiger partial charge on any atom is -0.497 e. The number of ether oxygens (including phenoxy) is 1. The predicted molar refractivity (Wildman–Crippen MR) is 125 cm³/mol. The second-order valence-electron chi connectivity index (χ2n) is 8.62. The highest BCUT2D eigenvalue weighted by Gasteiger charge is 2.35. The van der Waals surface area contributed by atoms with Crippen molar-refractivity contribution in [2.24, 2.45) is 5.92 Å². The Morgan fingerprint density at radius 1 is 1.09 bits per heavy atom. The van der Waals surface area contributed by atoms with Crippen LogP contribution in [0.15, 0.2) is 24.3 Å². The van der Waals surface area contributed by atoms with Crippen LogP contribution in [0, 0.1) is 5.92 Å². The molecule has 1 saturated heterocycles. The van der Waals surface area contributed by atoms with Crippen LogP contribution < -0.4 is 20.7 Å². The number of nitrogens with one attached hydrogen (secondary N) is 3. The van der Waals surface area contributed by atoms with E-state index in [9.17, 15) is 14.4 Å². The van der Waals surface area contributed by atoms with E-state index in [2.05, 4.69) is 16.0 Å². The van der Waals surface area contributed by atoms with E-state index in [0.29, 0.717) is 31.1 Å². The van der Waals surface area contributed by atoms with Crippen molar-refractivity contribution in [2.75, 3.05) is 32.1 Å². The zero-order valence-corrected chi connectivity index (χ0v) is 20.0. The van der Waals surface area contributed by atoms with E-state index in [1.165, 1.54) is 0 Å². The number of anilines is 1. The summed E-state index contributed by atoms with van der Waals surface area (Å²) in [7, 11) is 1.58. The Hall–Kier alpha value is -2.97. The molecule has 5 amide bonds. The summed E-state index contributed by atoms with van der Waals surface area (Å²) in [4.78, 5) is 41.8. The SMILES string of the molecule is CCC(C)C(NC(=O)Nc1ccc(OC)cc1)C(=O)N1CCN(C(=O)NC(C)C)C(C)C1. The van der Waals surface area contributed by atoms with E-state index in [-0.39, 0.29) is 29.9 Å². The molecule has 1 aromatic carbocycles. The van der Waals surface area contributed by atoms with Gasteiger partial charge in [0.1, 0.15) is 11.8 Å². The normalized spacial score (nSPS) is 18.0. The Bertz CT molecular complexity index is 783. The fourth-order valence-corrected chi connectivity index (χ4v) is 3.65. The van der Waals surface area contributed by atoms with Gasteiger partial charge < -0.3 is 30.5 Å². The topological polar surface area (TPSA) is 103 Å². The zero-order chi connectivity index (χ0) is 23.8. The van der Waals surface area contributed by atoms with Gasteiger partial charge in [0, 0.05) is 37.4 Å². The number of hydrogen-bond donors (Lipinski definition) is 3. The Morgan fingerprint density at radius 2 is 1.75 bits per heavy atom. The van der Waals surface area contributed by atoms with E-state index >= 15 is 0 Å². The van der Waals surface area contributed by atoms with Crippen LogP contribution in [-0.4, -0.2) is 72.6 Å². The molecular formula is C23H37N5O4. The number of methoxy groups -OCH3 is 1. The molecule has 3 atom stereocenters. The van der Waals surface area contributed by atoms with Gasteiger partial charge in [0.15, 0.2) is 0 Å². The van der Waals surface area contributed by atoms with Crippen LogP contribution >= 0.6 is 0 Å². The van der Waals surface area contributed by atoms with Crippen molar-refractivity contribution in [2.45, 2.75) is 59.2 Å². The molecule has 1 fully saturated rings. The van der Waals surface area contributed by atoms with E-state index in [4.69, 9.17) is 4.74 Å². The second-order valence-corrected chi connectivity index (χ2v) is 8.62. The average molecular weight is 448 g/mol. The maximum absolute atomic E-state index is 13.3. The third-order valence-electron chi connectivity index (χ3n) is 5.73. The maximum Gasteiger partial charge on any atom is 0.319 e. The number of nitrogens with zero attached hydrogens (tertiary/aromatic N) is 2. The number of hydrogen-bond acceptors (Lipinski definition) is 4. The highest BCUT2D eigenvalue weighted by Crippen LogP contribution is 2.17. The first-order chi connectivity index (χ1) is 15.2. The summed E-state index contributed by atoms with van der Waals surface area (Å²) in [5.74, 6) is 0.528. The van der Waals surface area contributed by atoms with Crippen molar-refractivity contribution < 1.29 is 19.1 Å². The summed E-state index contributed by atoms with van der Waals surface area (Å²) < 4.78 is 5.13. The molecule has 3 N–H and O–H groups in total. The molecule has 3 unspecified atom stereocenters. The van der Waals surface area contributed by atoms with Crippen LogP contribution in [0.5, 0.6) is 5.75 Å². The van der Waals surface area contributed by atoms with E-state index in [0.717, 1.165) is 6.42 Å². The molecule has 1 aromatic rings. The minimum atomic E-state index is -0.651. The molecule has 0 spiro atoms. The van der Waals surface area contributed by atoms with Gasteiger partial charge >= 0.3 is 12.1 Å². The van der Waals surface area contributed by atoms with Crippen molar-refractivity contribution in [3.8, 4) is 5.75 Å². The molecule has 9 nitrogen and oxygen atoms in total. The standard InChI is InChI=1S/C23H37N5O4/c1-7-16(4)20(26-22(30)25-18-8-10-19(32-6)11-9-18)21(29)27-12-13-28(17(5)14-27)23(31)24-15(2)3/h8-11,15-17,20H,7,12-14H2,1-6H3,(H,24,31)(H2,25,26,30). The average Bonchev–Trinajstić information content (AvgIpc) is 2.76. The number of amides is 5. The molecular weight excluding hydrogens is 410 g/mol. The van der Waals surface area contributed by atoms with Crippen molar-refractivity contribution in [1.29, 1.82) is 0 Å². The van der Waals surface area contributed by atoms with Gasteiger partial charge in [0.25, 0.3) is 0 Å². The highest BCUT2D eigenvalue weighted by molar-refractivity contribution is 5.94. The van der Waals surface area contributed by atoms with Gasteiger partial charge in [-0.1, -0.05) is 20.3 Å². The zero-order valence-electron chi connectivity index (χ0n) is 20.0. The van der Waals surface area contributed by atoms with Crippen LogP contribution in [0.25, 0.3) is 0 Å². The summed E-state index contributed by atoms with van der Waals surface area (Å²) in [6.45, 7) is 11.0. The van der Waals surface area contributed by atoms with Crippen molar-refractivity contribution in [3.63, 3.8) is 0 Å². The number of benzene rings is 1. The van der Waals surface area contributed by atoms with Crippen molar-refractivity contribution in [1.82, 2.24) is 20.4 Å². The van der Waals surface area contributed by atoms with Gasteiger partial charge in [-0.15, -0.1) is 0 Å².